The summed E-state index contributed by atoms with van der Waals surface area (Å²) in [5.74, 6) is -0.293. The van der Waals surface area contributed by atoms with Gasteiger partial charge in [0, 0.05) is 10.9 Å². The van der Waals surface area contributed by atoms with Crippen molar-refractivity contribution in [2.45, 2.75) is 12.1 Å². The molecule has 0 aliphatic carbocycles. The zero-order chi connectivity index (χ0) is 25.2. The summed E-state index contributed by atoms with van der Waals surface area (Å²) in [6.45, 7) is 2.03. The van der Waals surface area contributed by atoms with Crippen molar-refractivity contribution in [1.29, 1.82) is 0 Å². The van der Waals surface area contributed by atoms with Crippen LogP contribution in [0.15, 0.2) is 88.1 Å². The summed E-state index contributed by atoms with van der Waals surface area (Å²) in [5.41, 5.74) is 3.81. The van der Waals surface area contributed by atoms with Crippen LogP contribution in [0.1, 0.15) is 5.56 Å². The van der Waals surface area contributed by atoms with Gasteiger partial charge < -0.3 is 5.32 Å². The van der Waals surface area contributed by atoms with Crippen LogP contribution in [0.25, 0.3) is 27.0 Å². The van der Waals surface area contributed by atoms with Gasteiger partial charge >= 0.3 is 0 Å². The number of anilines is 1. The van der Waals surface area contributed by atoms with Gasteiger partial charge in [0.25, 0.3) is 5.56 Å². The highest BCUT2D eigenvalue weighted by molar-refractivity contribution is 7.99. The zero-order valence-corrected chi connectivity index (χ0v) is 22.1. The van der Waals surface area contributed by atoms with Crippen LogP contribution < -0.4 is 10.9 Å². The molecule has 3 aromatic carbocycles. The van der Waals surface area contributed by atoms with Crippen molar-refractivity contribution < 1.29 is 4.79 Å². The molecular formula is C27H19Cl2N3O2S2. The molecule has 0 saturated heterocycles. The van der Waals surface area contributed by atoms with Gasteiger partial charge in [-0.2, -0.15) is 0 Å². The number of amides is 1. The lowest BCUT2D eigenvalue weighted by Crippen LogP contribution is -2.22. The maximum atomic E-state index is 13.9. The molecule has 0 saturated carbocycles. The molecule has 0 fully saturated rings. The monoisotopic (exact) mass is 551 g/mol. The van der Waals surface area contributed by atoms with Gasteiger partial charge in [0.1, 0.15) is 4.83 Å². The number of thiophene rings is 1. The SMILES string of the molecule is Cc1ccc(-c2csc3nc(SCC(=O)Nc4c(Cl)cccc4Cl)n(-c4ccccc4)c(=O)c23)cc1. The van der Waals surface area contributed by atoms with Gasteiger partial charge in [0.2, 0.25) is 5.91 Å². The highest BCUT2D eigenvalue weighted by Crippen LogP contribution is 2.34. The van der Waals surface area contributed by atoms with E-state index in [1.807, 2.05) is 66.9 Å². The van der Waals surface area contributed by atoms with Gasteiger partial charge in [0.05, 0.1) is 32.6 Å². The lowest BCUT2D eigenvalue weighted by atomic mass is 10.1. The Morgan fingerprint density at radius 2 is 1.69 bits per heavy atom. The molecule has 9 heteroatoms. The molecule has 2 heterocycles. The van der Waals surface area contributed by atoms with Crippen molar-refractivity contribution >= 4 is 68.1 Å². The molecule has 1 amide bonds. The Balaban J connectivity index is 1.54. The van der Waals surface area contributed by atoms with Gasteiger partial charge in [-0.25, -0.2) is 4.98 Å². The van der Waals surface area contributed by atoms with Gasteiger partial charge in [-0.05, 0) is 36.8 Å². The normalized spacial score (nSPS) is 11.1. The summed E-state index contributed by atoms with van der Waals surface area (Å²) in [6, 6.07) is 22.4. The number of fused-ring (bicyclic) bond motifs is 1. The van der Waals surface area contributed by atoms with Crippen molar-refractivity contribution in [3.05, 3.63) is 104 Å². The van der Waals surface area contributed by atoms with E-state index >= 15 is 0 Å². The second kappa shape index (κ2) is 10.5. The van der Waals surface area contributed by atoms with E-state index in [0.29, 0.717) is 36.8 Å². The van der Waals surface area contributed by atoms with Crippen LogP contribution in [0, 0.1) is 6.92 Å². The molecule has 0 spiro atoms. The predicted octanol–water partition coefficient (Wildman–Crippen LogP) is 7.46. The molecule has 5 aromatic rings. The first-order valence-electron chi connectivity index (χ1n) is 11.0. The average molecular weight is 553 g/mol. The Kier molecular flexibility index (Phi) is 7.16. The summed E-state index contributed by atoms with van der Waals surface area (Å²) < 4.78 is 1.56. The molecule has 0 radical (unpaired) electrons. The molecule has 5 nitrogen and oxygen atoms in total. The Bertz CT molecular complexity index is 1610. The van der Waals surface area contributed by atoms with Crippen LogP contribution in [-0.2, 0) is 4.79 Å². The first kappa shape index (κ1) is 24.6. The minimum Gasteiger partial charge on any atom is -0.323 e. The lowest BCUT2D eigenvalue weighted by molar-refractivity contribution is -0.113. The zero-order valence-electron chi connectivity index (χ0n) is 19.0. The van der Waals surface area contributed by atoms with Gasteiger partial charge in [-0.1, -0.05) is 89.1 Å². The molecule has 0 unspecified atom stereocenters. The average Bonchev–Trinajstić information content (AvgIpc) is 3.30. The van der Waals surface area contributed by atoms with Crippen LogP contribution in [0.4, 0.5) is 5.69 Å². The number of nitrogens with one attached hydrogen (secondary N) is 1. The number of hydrogen-bond donors (Lipinski definition) is 1. The van der Waals surface area contributed by atoms with Crippen molar-refractivity contribution in [3.8, 4) is 16.8 Å². The molecule has 0 aliphatic heterocycles. The van der Waals surface area contributed by atoms with E-state index in [2.05, 4.69) is 5.32 Å². The number of benzene rings is 3. The van der Waals surface area contributed by atoms with Crippen LogP contribution in [0.5, 0.6) is 0 Å². The second-order valence-electron chi connectivity index (χ2n) is 8.00. The number of carbonyl (C=O) groups is 1. The number of thioether (sulfide) groups is 1. The number of carbonyl (C=O) groups excluding carboxylic acids is 1. The van der Waals surface area contributed by atoms with Crippen molar-refractivity contribution in [2.75, 3.05) is 11.1 Å². The fourth-order valence-electron chi connectivity index (χ4n) is 3.74. The molecular weight excluding hydrogens is 533 g/mol. The highest BCUT2D eigenvalue weighted by Gasteiger charge is 2.20. The highest BCUT2D eigenvalue weighted by atomic mass is 35.5. The minimum absolute atomic E-state index is 0.0164. The molecule has 0 atom stereocenters. The van der Waals surface area contributed by atoms with Crippen LogP contribution >= 0.6 is 46.3 Å². The second-order valence-corrected chi connectivity index (χ2v) is 10.6. The molecule has 0 aliphatic rings. The van der Waals surface area contributed by atoms with Crippen LogP contribution in [-0.4, -0.2) is 21.2 Å². The van der Waals surface area contributed by atoms with E-state index in [-0.39, 0.29) is 17.2 Å². The first-order chi connectivity index (χ1) is 17.4. The van der Waals surface area contributed by atoms with Gasteiger partial charge in [-0.3, -0.25) is 14.2 Å². The maximum absolute atomic E-state index is 13.9. The molecule has 1 N–H and O–H groups in total. The molecule has 180 valence electrons. The number of aryl methyl sites for hydroxylation is 1. The van der Waals surface area contributed by atoms with E-state index in [9.17, 15) is 9.59 Å². The van der Waals surface area contributed by atoms with Crippen LogP contribution in [0.3, 0.4) is 0 Å². The van der Waals surface area contributed by atoms with E-state index < -0.39 is 0 Å². The number of hydrogen-bond acceptors (Lipinski definition) is 5. The Hall–Kier alpha value is -3.10. The molecule has 5 rings (SSSR count). The quantitative estimate of drug-likeness (QED) is 0.175. The molecule has 0 bridgehead atoms. The summed E-state index contributed by atoms with van der Waals surface area (Å²) in [5, 5.41) is 6.40. The third-order valence-corrected chi connectivity index (χ3v) is 7.95. The standard InChI is InChI=1S/C27H19Cl2N3O2S2/c1-16-10-12-17(13-11-16)19-14-35-25-23(19)26(34)32(18-6-3-2-4-7-18)27(31-25)36-15-22(33)30-24-20(28)8-5-9-21(24)29/h2-14H,15H2,1H3,(H,30,33). The smallest absolute Gasteiger partial charge is 0.268 e. The number of para-hydroxylation sites is 2. The Morgan fingerprint density at radius 3 is 2.39 bits per heavy atom. The maximum Gasteiger partial charge on any atom is 0.268 e. The van der Waals surface area contributed by atoms with E-state index in [1.165, 1.54) is 23.1 Å². The number of aromatic nitrogens is 2. The van der Waals surface area contributed by atoms with E-state index in [1.54, 1.807) is 22.8 Å². The molecule has 2 aromatic heterocycles. The van der Waals surface area contributed by atoms with Crippen LogP contribution in [0.2, 0.25) is 10.0 Å². The van der Waals surface area contributed by atoms with Crippen molar-refractivity contribution in [1.82, 2.24) is 9.55 Å². The van der Waals surface area contributed by atoms with E-state index in [4.69, 9.17) is 28.2 Å². The fourth-order valence-corrected chi connectivity index (χ4v) is 6.04. The summed E-state index contributed by atoms with van der Waals surface area (Å²) >= 11 is 15.0. The van der Waals surface area contributed by atoms with Crippen molar-refractivity contribution in [2.24, 2.45) is 0 Å². The predicted molar refractivity (Wildman–Crippen MR) is 151 cm³/mol. The minimum atomic E-state index is -0.310. The largest absolute Gasteiger partial charge is 0.323 e. The van der Waals surface area contributed by atoms with E-state index in [0.717, 1.165) is 16.7 Å². The number of rotatable bonds is 6. The first-order valence-corrected chi connectivity index (χ1v) is 13.6. The molecule has 36 heavy (non-hydrogen) atoms. The third-order valence-electron chi connectivity index (χ3n) is 5.51. The number of nitrogens with zero attached hydrogens (tertiary/aromatic N) is 2. The van der Waals surface area contributed by atoms with Crippen molar-refractivity contribution in [3.63, 3.8) is 0 Å². The Labute approximate surface area is 225 Å². The Morgan fingerprint density at radius 1 is 1.00 bits per heavy atom. The summed E-state index contributed by atoms with van der Waals surface area (Å²) in [7, 11) is 0. The number of halogens is 2. The summed E-state index contributed by atoms with van der Waals surface area (Å²) in [4.78, 5) is 32.0. The fraction of sp³-hybridized carbons (Fsp3) is 0.0741. The summed E-state index contributed by atoms with van der Waals surface area (Å²) in [6.07, 6.45) is 0. The topological polar surface area (TPSA) is 64.0 Å². The third kappa shape index (κ3) is 4.92. The van der Waals surface area contributed by atoms with Gasteiger partial charge in [0.15, 0.2) is 5.16 Å². The van der Waals surface area contributed by atoms with Gasteiger partial charge in [-0.15, -0.1) is 11.3 Å². The lowest BCUT2D eigenvalue weighted by Gasteiger charge is -2.13.